The number of rotatable bonds is 3. The lowest BCUT2D eigenvalue weighted by molar-refractivity contribution is 0.562. The molecule has 3 heteroatoms. The molecule has 0 heterocycles. The van der Waals surface area contributed by atoms with Crippen LogP contribution in [0.4, 0.5) is 0 Å². The molecule has 0 saturated carbocycles. The fraction of sp³-hybridized carbons (Fsp3) is 0. The molecule has 1 unspecified atom stereocenters. The van der Waals surface area contributed by atoms with Gasteiger partial charge >= 0.3 is 0 Å². The van der Waals surface area contributed by atoms with Crippen molar-refractivity contribution in [1.82, 2.24) is 0 Å². The maximum atomic E-state index is 11.7. The van der Waals surface area contributed by atoms with Gasteiger partial charge in [0.15, 0.2) is 0 Å². The second-order valence-corrected chi connectivity index (χ2v) is 4.05. The quantitative estimate of drug-likeness (QED) is 0.791. The summed E-state index contributed by atoms with van der Waals surface area (Å²) >= 11 is -1.43. The van der Waals surface area contributed by atoms with Crippen molar-refractivity contribution in [3.63, 3.8) is 0 Å². The van der Waals surface area contributed by atoms with Gasteiger partial charge in [-0.1, -0.05) is 36.4 Å². The van der Waals surface area contributed by atoms with Gasteiger partial charge in [0.2, 0.25) is 11.1 Å². The van der Waals surface area contributed by atoms with Crippen molar-refractivity contribution >= 4 is 11.1 Å². The van der Waals surface area contributed by atoms with Crippen molar-refractivity contribution < 1.29 is 8.39 Å². The van der Waals surface area contributed by atoms with Crippen molar-refractivity contribution in [1.29, 1.82) is 0 Å². The smallest absolute Gasteiger partial charge is 0.240 e. The van der Waals surface area contributed by atoms with E-state index in [1.54, 1.807) is 24.3 Å². The Balaban J connectivity index is 2.12. The van der Waals surface area contributed by atoms with Gasteiger partial charge in [0.1, 0.15) is 5.75 Å². The number of para-hydroxylation sites is 1. The van der Waals surface area contributed by atoms with Crippen molar-refractivity contribution in [2.75, 3.05) is 0 Å². The Labute approximate surface area is 91.2 Å². The van der Waals surface area contributed by atoms with Crippen molar-refractivity contribution in [3.05, 3.63) is 60.7 Å². The van der Waals surface area contributed by atoms with Crippen LogP contribution in [0.25, 0.3) is 0 Å². The summed E-state index contributed by atoms with van der Waals surface area (Å²) in [6.07, 6.45) is 0. The average molecular weight is 218 g/mol. The molecule has 2 nitrogen and oxygen atoms in total. The average Bonchev–Trinajstić information content (AvgIpc) is 2.31. The van der Waals surface area contributed by atoms with Crippen molar-refractivity contribution in [3.8, 4) is 5.75 Å². The molecule has 0 bridgehead atoms. The Hall–Kier alpha value is -1.61. The van der Waals surface area contributed by atoms with E-state index in [9.17, 15) is 4.21 Å². The number of hydrogen-bond donors (Lipinski definition) is 0. The maximum Gasteiger partial charge on any atom is 0.240 e. The Bertz CT molecular complexity index is 440. The van der Waals surface area contributed by atoms with E-state index in [4.69, 9.17) is 4.18 Å². The van der Waals surface area contributed by atoms with E-state index in [2.05, 4.69) is 0 Å². The number of benzene rings is 2. The summed E-state index contributed by atoms with van der Waals surface area (Å²) in [5.74, 6) is 0.611. The molecule has 2 aromatic carbocycles. The normalized spacial score (nSPS) is 12.0. The van der Waals surface area contributed by atoms with E-state index in [1.807, 2.05) is 36.4 Å². The monoisotopic (exact) mass is 218 g/mol. The molecule has 2 aromatic rings. The minimum atomic E-state index is -1.43. The van der Waals surface area contributed by atoms with Crippen molar-refractivity contribution in [2.24, 2.45) is 0 Å². The van der Waals surface area contributed by atoms with Crippen LogP contribution in [-0.2, 0) is 11.1 Å². The van der Waals surface area contributed by atoms with Gasteiger partial charge in [0.05, 0.1) is 4.90 Å². The van der Waals surface area contributed by atoms with Gasteiger partial charge in [-0.15, -0.1) is 0 Å². The topological polar surface area (TPSA) is 26.3 Å². The van der Waals surface area contributed by atoms with Gasteiger partial charge < -0.3 is 4.18 Å². The molecule has 76 valence electrons. The summed E-state index contributed by atoms with van der Waals surface area (Å²) in [4.78, 5) is 0.668. The molecule has 0 saturated heterocycles. The van der Waals surface area contributed by atoms with Gasteiger partial charge in [-0.05, 0) is 24.3 Å². The Morgan fingerprint density at radius 3 is 1.93 bits per heavy atom. The summed E-state index contributed by atoms with van der Waals surface area (Å²) < 4.78 is 17.0. The Morgan fingerprint density at radius 1 is 0.800 bits per heavy atom. The second-order valence-electron chi connectivity index (χ2n) is 2.94. The van der Waals surface area contributed by atoms with Crippen LogP contribution in [0.3, 0.4) is 0 Å². The summed E-state index contributed by atoms with van der Waals surface area (Å²) in [6, 6.07) is 18.2. The summed E-state index contributed by atoms with van der Waals surface area (Å²) in [6.45, 7) is 0. The van der Waals surface area contributed by atoms with Crippen LogP contribution in [0.15, 0.2) is 65.6 Å². The largest absolute Gasteiger partial charge is 0.397 e. The van der Waals surface area contributed by atoms with E-state index >= 15 is 0 Å². The molecule has 0 aromatic heterocycles. The highest BCUT2D eigenvalue weighted by molar-refractivity contribution is 7.80. The van der Waals surface area contributed by atoms with Crippen LogP contribution in [0, 0.1) is 0 Å². The van der Waals surface area contributed by atoms with Crippen molar-refractivity contribution in [2.45, 2.75) is 4.90 Å². The standard InChI is InChI=1S/C12H10O2S/c13-15(12-9-5-2-6-10-12)14-11-7-3-1-4-8-11/h1-10H. The first-order chi connectivity index (χ1) is 7.36. The van der Waals surface area contributed by atoms with Crippen LogP contribution in [-0.4, -0.2) is 4.21 Å². The maximum absolute atomic E-state index is 11.7. The predicted octanol–water partition coefficient (Wildman–Crippen LogP) is 2.79. The van der Waals surface area contributed by atoms with Gasteiger partial charge in [-0.2, -0.15) is 0 Å². The van der Waals surface area contributed by atoms with Crippen LogP contribution < -0.4 is 4.18 Å². The lowest BCUT2D eigenvalue weighted by atomic mass is 10.3. The fourth-order valence-electron chi connectivity index (χ4n) is 1.14. The van der Waals surface area contributed by atoms with E-state index in [0.717, 1.165) is 0 Å². The summed E-state index contributed by atoms with van der Waals surface area (Å²) in [5, 5.41) is 0. The van der Waals surface area contributed by atoms with E-state index in [1.165, 1.54) is 0 Å². The van der Waals surface area contributed by atoms with Crippen LogP contribution >= 0.6 is 0 Å². The molecule has 2 rings (SSSR count). The van der Waals surface area contributed by atoms with E-state index in [-0.39, 0.29) is 0 Å². The second kappa shape index (κ2) is 4.75. The van der Waals surface area contributed by atoms with Crippen LogP contribution in [0.5, 0.6) is 5.75 Å². The van der Waals surface area contributed by atoms with Crippen LogP contribution in [0.2, 0.25) is 0 Å². The zero-order valence-electron chi connectivity index (χ0n) is 8.00. The summed E-state index contributed by atoms with van der Waals surface area (Å²) in [7, 11) is 0. The predicted molar refractivity (Wildman–Crippen MR) is 59.9 cm³/mol. The molecule has 0 aliphatic rings. The summed E-state index contributed by atoms with van der Waals surface area (Å²) in [5.41, 5.74) is 0. The van der Waals surface area contributed by atoms with Gasteiger partial charge in [-0.3, -0.25) is 0 Å². The fourth-order valence-corrected chi connectivity index (χ4v) is 1.90. The zero-order chi connectivity index (χ0) is 10.5. The Morgan fingerprint density at radius 2 is 1.33 bits per heavy atom. The van der Waals surface area contributed by atoms with Gasteiger partial charge in [0, 0.05) is 0 Å². The first kappa shape index (κ1) is 9.93. The first-order valence-corrected chi connectivity index (χ1v) is 5.64. The minimum Gasteiger partial charge on any atom is -0.397 e. The SMILES string of the molecule is O=S(Oc1ccccc1)c1ccccc1. The molecule has 1 atom stereocenters. The molecular weight excluding hydrogens is 208 g/mol. The number of hydrogen-bond acceptors (Lipinski definition) is 2. The zero-order valence-corrected chi connectivity index (χ0v) is 8.81. The third-order valence-electron chi connectivity index (χ3n) is 1.85. The molecule has 0 radical (unpaired) electrons. The van der Waals surface area contributed by atoms with Crippen LogP contribution in [0.1, 0.15) is 0 Å². The highest BCUT2D eigenvalue weighted by Crippen LogP contribution is 2.14. The lowest BCUT2D eigenvalue weighted by Crippen LogP contribution is -2.00. The highest BCUT2D eigenvalue weighted by atomic mass is 32.2. The molecule has 15 heavy (non-hydrogen) atoms. The Kier molecular flexibility index (Phi) is 3.15. The molecule has 0 fully saturated rings. The van der Waals surface area contributed by atoms with E-state index < -0.39 is 11.1 Å². The molecule has 0 amide bonds. The minimum absolute atomic E-state index is 0.611. The van der Waals surface area contributed by atoms with Gasteiger partial charge in [-0.25, -0.2) is 4.21 Å². The molecule has 0 N–H and O–H groups in total. The first-order valence-electron chi connectivity index (χ1n) is 4.56. The molecule has 0 spiro atoms. The molecule has 0 aliphatic carbocycles. The third-order valence-corrected chi connectivity index (χ3v) is 2.85. The third kappa shape index (κ3) is 2.67. The van der Waals surface area contributed by atoms with Gasteiger partial charge in [0.25, 0.3) is 0 Å². The molecular formula is C12H10O2S. The van der Waals surface area contributed by atoms with E-state index in [0.29, 0.717) is 10.6 Å². The highest BCUT2D eigenvalue weighted by Gasteiger charge is 2.04. The lowest BCUT2D eigenvalue weighted by Gasteiger charge is -2.03. The molecule has 0 aliphatic heterocycles.